The molecule has 19 heavy (non-hydrogen) atoms. The zero-order valence-corrected chi connectivity index (χ0v) is 11.5. The highest BCUT2D eigenvalue weighted by atomic mass is 35.5. The second-order valence-corrected chi connectivity index (χ2v) is 5.17. The maximum Gasteiger partial charge on any atom is 0.306 e. The van der Waals surface area contributed by atoms with Crippen LogP contribution in [-0.2, 0) is 4.79 Å². The Labute approximate surface area is 120 Å². The van der Waals surface area contributed by atoms with Crippen LogP contribution in [0.3, 0.4) is 0 Å². The molecule has 1 aromatic heterocycles. The van der Waals surface area contributed by atoms with Crippen molar-refractivity contribution in [3.05, 3.63) is 28.0 Å². The summed E-state index contributed by atoms with van der Waals surface area (Å²) in [5.74, 6) is -1.37. The molecule has 1 N–H and O–H groups in total. The number of aliphatic carboxylic acids is 1. The summed E-state index contributed by atoms with van der Waals surface area (Å²) in [5.41, 5.74) is 0.364. The van der Waals surface area contributed by atoms with Gasteiger partial charge in [0.2, 0.25) is 0 Å². The first-order valence-electron chi connectivity index (χ1n) is 5.82. The van der Waals surface area contributed by atoms with Crippen LogP contribution in [0.25, 0.3) is 0 Å². The van der Waals surface area contributed by atoms with Crippen LogP contribution in [-0.4, -0.2) is 40.0 Å². The van der Waals surface area contributed by atoms with Crippen LogP contribution in [0, 0.1) is 5.92 Å². The molecule has 1 aliphatic heterocycles. The highest BCUT2D eigenvalue weighted by molar-refractivity contribution is 6.41. The Kier molecular flexibility index (Phi) is 4.27. The Morgan fingerprint density at radius 1 is 1.32 bits per heavy atom. The maximum atomic E-state index is 12.2. The zero-order valence-electron chi connectivity index (χ0n) is 9.97. The molecular formula is C12H12Cl2N2O3. The number of carboxylic acid groups (broad SMARTS) is 1. The van der Waals surface area contributed by atoms with Crippen LogP contribution >= 0.6 is 23.2 Å². The molecule has 2 heterocycles. The van der Waals surface area contributed by atoms with Gasteiger partial charge < -0.3 is 10.0 Å². The highest BCUT2D eigenvalue weighted by Gasteiger charge is 2.27. The van der Waals surface area contributed by atoms with Gasteiger partial charge in [0.15, 0.2) is 0 Å². The average molecular weight is 303 g/mol. The second-order valence-electron chi connectivity index (χ2n) is 4.40. The fourth-order valence-electron chi connectivity index (χ4n) is 2.05. The molecule has 7 heteroatoms. The standard InChI is InChI=1S/C12H12Cl2N2O3/c13-9-5-8(6-15-10(9)14)11(17)16-3-1-7(2-4-16)12(18)19/h5-7H,1-4H2,(H,18,19). The summed E-state index contributed by atoms with van der Waals surface area (Å²) in [6.07, 6.45) is 2.31. The molecule has 1 saturated heterocycles. The first kappa shape index (κ1) is 14.1. The number of hydrogen-bond donors (Lipinski definition) is 1. The molecule has 0 saturated carbocycles. The van der Waals surface area contributed by atoms with Crippen LogP contribution in [0.2, 0.25) is 10.2 Å². The van der Waals surface area contributed by atoms with Crippen LogP contribution in [0.1, 0.15) is 23.2 Å². The average Bonchev–Trinajstić information content (AvgIpc) is 2.41. The molecule has 0 aromatic carbocycles. The van der Waals surface area contributed by atoms with E-state index in [0.29, 0.717) is 31.5 Å². The second kappa shape index (κ2) is 5.75. The minimum Gasteiger partial charge on any atom is -0.481 e. The fraction of sp³-hybridized carbons (Fsp3) is 0.417. The van der Waals surface area contributed by atoms with Crippen molar-refractivity contribution in [2.75, 3.05) is 13.1 Å². The zero-order chi connectivity index (χ0) is 14.0. The number of likely N-dealkylation sites (tertiary alicyclic amines) is 1. The van der Waals surface area contributed by atoms with Crippen molar-refractivity contribution in [1.82, 2.24) is 9.88 Å². The van der Waals surface area contributed by atoms with Gasteiger partial charge in [0, 0.05) is 19.3 Å². The highest BCUT2D eigenvalue weighted by Crippen LogP contribution is 2.23. The summed E-state index contributed by atoms with van der Waals surface area (Å²) in [4.78, 5) is 28.5. The van der Waals surface area contributed by atoms with Crippen molar-refractivity contribution in [3.8, 4) is 0 Å². The summed E-state index contributed by atoms with van der Waals surface area (Å²) in [6, 6.07) is 1.47. The van der Waals surface area contributed by atoms with E-state index in [-0.39, 0.29) is 22.0 Å². The number of piperidine rings is 1. The number of carbonyl (C=O) groups excluding carboxylic acids is 1. The van der Waals surface area contributed by atoms with Crippen LogP contribution in [0.5, 0.6) is 0 Å². The van der Waals surface area contributed by atoms with Crippen molar-refractivity contribution in [1.29, 1.82) is 0 Å². The van der Waals surface area contributed by atoms with Gasteiger partial charge in [0.1, 0.15) is 5.15 Å². The van der Waals surface area contributed by atoms with Gasteiger partial charge in [-0.2, -0.15) is 0 Å². The van der Waals surface area contributed by atoms with Crippen LogP contribution in [0.4, 0.5) is 0 Å². The Hall–Kier alpha value is -1.33. The van der Waals surface area contributed by atoms with Gasteiger partial charge in [-0.25, -0.2) is 4.98 Å². The molecule has 1 aromatic rings. The number of hydrogen-bond acceptors (Lipinski definition) is 3. The number of amides is 1. The van der Waals surface area contributed by atoms with Crippen molar-refractivity contribution < 1.29 is 14.7 Å². The molecule has 5 nitrogen and oxygen atoms in total. The molecule has 102 valence electrons. The molecule has 0 atom stereocenters. The van der Waals surface area contributed by atoms with E-state index in [4.69, 9.17) is 28.3 Å². The van der Waals surface area contributed by atoms with E-state index in [1.54, 1.807) is 4.90 Å². The lowest BCUT2D eigenvalue weighted by Crippen LogP contribution is -2.40. The maximum absolute atomic E-state index is 12.2. The monoisotopic (exact) mass is 302 g/mol. The third-order valence-corrected chi connectivity index (χ3v) is 3.86. The third-order valence-electron chi connectivity index (χ3n) is 3.17. The Balaban J connectivity index is 2.05. The number of aromatic nitrogens is 1. The largest absolute Gasteiger partial charge is 0.481 e. The summed E-state index contributed by atoms with van der Waals surface area (Å²) in [6.45, 7) is 0.853. The molecule has 0 spiro atoms. The van der Waals surface area contributed by atoms with Gasteiger partial charge in [0.25, 0.3) is 5.91 Å². The van der Waals surface area contributed by atoms with Gasteiger partial charge in [-0.1, -0.05) is 23.2 Å². The third kappa shape index (κ3) is 3.16. The summed E-state index contributed by atoms with van der Waals surface area (Å²) in [5, 5.41) is 9.29. The van der Waals surface area contributed by atoms with Crippen LogP contribution < -0.4 is 0 Å². The van der Waals surface area contributed by atoms with Gasteiger partial charge in [-0.15, -0.1) is 0 Å². The number of nitrogens with zero attached hydrogens (tertiary/aromatic N) is 2. The van der Waals surface area contributed by atoms with E-state index >= 15 is 0 Å². The molecule has 2 rings (SSSR count). The Morgan fingerprint density at radius 2 is 1.95 bits per heavy atom. The summed E-state index contributed by atoms with van der Waals surface area (Å²) < 4.78 is 0. The number of halogens is 2. The van der Waals surface area contributed by atoms with Gasteiger partial charge >= 0.3 is 5.97 Å². The minimum absolute atomic E-state index is 0.155. The van der Waals surface area contributed by atoms with E-state index in [1.165, 1.54) is 12.3 Å². The molecule has 1 fully saturated rings. The van der Waals surface area contributed by atoms with E-state index in [2.05, 4.69) is 4.98 Å². The number of carbonyl (C=O) groups is 2. The molecule has 0 bridgehead atoms. The van der Waals surface area contributed by atoms with Crippen molar-refractivity contribution in [2.45, 2.75) is 12.8 Å². The predicted octanol–water partition coefficient (Wildman–Crippen LogP) is 2.33. The molecule has 1 amide bonds. The first-order valence-corrected chi connectivity index (χ1v) is 6.57. The number of rotatable bonds is 2. The van der Waals surface area contributed by atoms with Gasteiger partial charge in [-0.3, -0.25) is 9.59 Å². The smallest absolute Gasteiger partial charge is 0.306 e. The Morgan fingerprint density at radius 3 is 2.47 bits per heavy atom. The Bertz CT molecular complexity index is 514. The van der Waals surface area contributed by atoms with E-state index in [9.17, 15) is 9.59 Å². The molecular weight excluding hydrogens is 291 g/mol. The lowest BCUT2D eigenvalue weighted by atomic mass is 9.97. The molecule has 0 unspecified atom stereocenters. The van der Waals surface area contributed by atoms with Crippen molar-refractivity contribution in [3.63, 3.8) is 0 Å². The summed E-state index contributed by atoms with van der Waals surface area (Å²) in [7, 11) is 0. The minimum atomic E-state index is -0.802. The normalized spacial score (nSPS) is 16.4. The van der Waals surface area contributed by atoms with Crippen molar-refractivity contribution in [2.24, 2.45) is 5.92 Å². The molecule has 0 radical (unpaired) electrons. The first-order chi connectivity index (χ1) is 8.99. The van der Waals surface area contributed by atoms with E-state index in [1.807, 2.05) is 0 Å². The topological polar surface area (TPSA) is 70.5 Å². The summed E-state index contributed by atoms with van der Waals surface area (Å²) >= 11 is 11.5. The van der Waals surface area contributed by atoms with Crippen molar-refractivity contribution >= 4 is 35.1 Å². The predicted molar refractivity (Wildman–Crippen MR) is 70.5 cm³/mol. The molecule has 0 aliphatic carbocycles. The van der Waals surface area contributed by atoms with E-state index < -0.39 is 5.97 Å². The number of carboxylic acids is 1. The SMILES string of the molecule is O=C(O)C1CCN(C(=O)c2cnc(Cl)c(Cl)c2)CC1. The van der Waals surface area contributed by atoms with Gasteiger partial charge in [-0.05, 0) is 18.9 Å². The lowest BCUT2D eigenvalue weighted by molar-refractivity contribution is -0.143. The molecule has 1 aliphatic rings. The quantitative estimate of drug-likeness (QED) is 0.851. The van der Waals surface area contributed by atoms with Gasteiger partial charge in [0.05, 0.1) is 16.5 Å². The fourth-order valence-corrected chi connectivity index (χ4v) is 2.32. The lowest BCUT2D eigenvalue weighted by Gasteiger charge is -2.30. The van der Waals surface area contributed by atoms with Crippen LogP contribution in [0.15, 0.2) is 12.3 Å². The van der Waals surface area contributed by atoms with E-state index in [0.717, 1.165) is 0 Å². The number of pyridine rings is 1.